The van der Waals surface area contributed by atoms with Crippen LogP contribution in [-0.4, -0.2) is 25.8 Å². The molecule has 6 nitrogen and oxygen atoms in total. The largest absolute Gasteiger partial charge is 0.344 e. The van der Waals surface area contributed by atoms with E-state index in [0.29, 0.717) is 22.9 Å². The van der Waals surface area contributed by atoms with E-state index >= 15 is 0 Å². The molecule has 2 N–H and O–H groups in total. The molecule has 0 unspecified atom stereocenters. The third-order valence-corrected chi connectivity index (χ3v) is 4.70. The minimum Gasteiger partial charge on any atom is -0.344 e. The molecule has 0 saturated heterocycles. The van der Waals surface area contributed by atoms with E-state index in [1.165, 1.54) is 0 Å². The molecule has 144 valence electrons. The molecule has 0 radical (unpaired) electrons. The molecular formula is C23H21N5O. The van der Waals surface area contributed by atoms with Crippen LogP contribution in [0.4, 0.5) is 0 Å². The van der Waals surface area contributed by atoms with Crippen LogP contribution < -0.4 is 5.32 Å². The van der Waals surface area contributed by atoms with Gasteiger partial charge in [-0.1, -0.05) is 67.6 Å². The van der Waals surface area contributed by atoms with Gasteiger partial charge in [-0.3, -0.25) is 14.8 Å². The van der Waals surface area contributed by atoms with E-state index in [9.17, 15) is 4.79 Å². The number of nitrogens with zero attached hydrogens (tertiary/aromatic N) is 3. The van der Waals surface area contributed by atoms with Gasteiger partial charge in [0.2, 0.25) is 0 Å². The Hall–Kier alpha value is -3.80. The maximum atomic E-state index is 13.2. The van der Waals surface area contributed by atoms with Crippen LogP contribution in [0.2, 0.25) is 0 Å². The van der Waals surface area contributed by atoms with Crippen molar-refractivity contribution < 1.29 is 4.79 Å². The van der Waals surface area contributed by atoms with E-state index in [4.69, 9.17) is 0 Å². The highest BCUT2D eigenvalue weighted by molar-refractivity contribution is 5.98. The average Bonchev–Trinajstić information content (AvgIpc) is 3.25. The van der Waals surface area contributed by atoms with Gasteiger partial charge in [0, 0.05) is 18.0 Å². The van der Waals surface area contributed by atoms with Crippen molar-refractivity contribution in [2.75, 3.05) is 0 Å². The lowest BCUT2D eigenvalue weighted by Gasteiger charge is -2.17. The lowest BCUT2D eigenvalue weighted by molar-refractivity contribution is 0.0931. The fraction of sp³-hybridized carbons (Fsp3) is 0.130. The molecule has 1 amide bonds. The number of aromatic nitrogens is 4. The lowest BCUT2D eigenvalue weighted by Crippen LogP contribution is -2.28. The third kappa shape index (κ3) is 4.06. The highest BCUT2D eigenvalue weighted by Crippen LogP contribution is 2.25. The number of carbonyl (C=O) groups excluding carboxylic acids is 1. The van der Waals surface area contributed by atoms with Gasteiger partial charge in [-0.2, -0.15) is 0 Å². The van der Waals surface area contributed by atoms with Gasteiger partial charge >= 0.3 is 0 Å². The van der Waals surface area contributed by atoms with Crippen LogP contribution in [0.1, 0.15) is 35.4 Å². The highest BCUT2D eigenvalue weighted by atomic mass is 16.2. The summed E-state index contributed by atoms with van der Waals surface area (Å²) in [6.45, 7) is 2.05. The highest BCUT2D eigenvalue weighted by Gasteiger charge is 2.22. The number of amides is 1. The summed E-state index contributed by atoms with van der Waals surface area (Å²) in [5, 5.41) is 3.12. The first-order chi connectivity index (χ1) is 14.3. The molecule has 4 rings (SSSR count). The lowest BCUT2D eigenvalue weighted by atomic mass is 10.0. The number of H-pyrrole nitrogens is 1. The first-order valence-corrected chi connectivity index (χ1v) is 9.54. The summed E-state index contributed by atoms with van der Waals surface area (Å²) < 4.78 is 0. The van der Waals surface area contributed by atoms with Crippen molar-refractivity contribution in [3.63, 3.8) is 0 Å². The maximum Gasteiger partial charge on any atom is 0.270 e. The summed E-state index contributed by atoms with van der Waals surface area (Å²) in [4.78, 5) is 29.5. The van der Waals surface area contributed by atoms with Crippen LogP contribution in [0.15, 0.2) is 79.3 Å². The summed E-state index contributed by atoms with van der Waals surface area (Å²) >= 11 is 0. The Balaban J connectivity index is 1.71. The molecular weight excluding hydrogens is 362 g/mol. The summed E-state index contributed by atoms with van der Waals surface area (Å²) in [5.74, 6) is 0.389. The minimum atomic E-state index is -0.226. The van der Waals surface area contributed by atoms with Crippen molar-refractivity contribution in [3.05, 3.63) is 90.5 Å². The number of aromatic amines is 1. The van der Waals surface area contributed by atoms with Crippen LogP contribution in [0, 0.1) is 0 Å². The predicted molar refractivity (Wildman–Crippen MR) is 112 cm³/mol. The van der Waals surface area contributed by atoms with Gasteiger partial charge in [0.05, 0.1) is 12.2 Å². The molecule has 2 heterocycles. The molecule has 0 saturated carbocycles. The second-order valence-corrected chi connectivity index (χ2v) is 6.61. The van der Waals surface area contributed by atoms with Crippen LogP contribution >= 0.6 is 0 Å². The second kappa shape index (κ2) is 8.48. The average molecular weight is 383 g/mol. The number of benzene rings is 2. The molecule has 29 heavy (non-hydrogen) atoms. The van der Waals surface area contributed by atoms with Crippen molar-refractivity contribution >= 4 is 5.91 Å². The number of rotatable bonds is 6. The smallest absolute Gasteiger partial charge is 0.270 e. The predicted octanol–water partition coefficient (Wildman–Crippen LogP) is 4.41. The standard InChI is InChI=1S/C23H21N5O/c1-2-18(16-9-5-3-6-10-16)26-23(29)21-20(19-15-24-13-14-25-19)27-22(28-21)17-11-7-4-8-12-17/h3-15,18H,2H2,1H3,(H,26,29)(H,27,28)/t18-/m0/s1. The number of hydrogen-bond acceptors (Lipinski definition) is 4. The van der Waals surface area contributed by atoms with Crippen LogP contribution in [0.25, 0.3) is 22.8 Å². The zero-order chi connectivity index (χ0) is 20.1. The minimum absolute atomic E-state index is 0.0955. The normalized spacial score (nSPS) is 11.8. The number of imidazole rings is 1. The Morgan fingerprint density at radius 2 is 1.76 bits per heavy atom. The molecule has 6 heteroatoms. The molecule has 0 aliphatic heterocycles. The van der Waals surface area contributed by atoms with Crippen molar-refractivity contribution in [1.82, 2.24) is 25.3 Å². The molecule has 0 spiro atoms. The van der Waals surface area contributed by atoms with Crippen molar-refractivity contribution in [2.45, 2.75) is 19.4 Å². The van der Waals surface area contributed by atoms with Gasteiger partial charge in [-0.25, -0.2) is 4.98 Å². The van der Waals surface area contributed by atoms with Crippen LogP contribution in [0.3, 0.4) is 0 Å². The topological polar surface area (TPSA) is 83.6 Å². The van der Waals surface area contributed by atoms with Gasteiger partial charge in [0.1, 0.15) is 22.9 Å². The van der Waals surface area contributed by atoms with Crippen molar-refractivity contribution in [2.24, 2.45) is 0 Å². The molecule has 0 aliphatic carbocycles. The van der Waals surface area contributed by atoms with E-state index < -0.39 is 0 Å². The Bertz CT molecular complexity index is 1080. The van der Waals surface area contributed by atoms with Gasteiger partial charge < -0.3 is 10.3 Å². The van der Waals surface area contributed by atoms with Crippen LogP contribution in [-0.2, 0) is 0 Å². The molecule has 4 aromatic rings. The van der Waals surface area contributed by atoms with Gasteiger partial charge in [0.15, 0.2) is 0 Å². The van der Waals surface area contributed by atoms with E-state index in [0.717, 1.165) is 17.5 Å². The summed E-state index contributed by atoms with van der Waals surface area (Å²) in [5.41, 5.74) is 3.36. The summed E-state index contributed by atoms with van der Waals surface area (Å²) in [6.07, 6.45) is 5.56. The first kappa shape index (κ1) is 18.6. The zero-order valence-corrected chi connectivity index (χ0v) is 16.0. The third-order valence-electron chi connectivity index (χ3n) is 4.70. The molecule has 2 aromatic heterocycles. The van der Waals surface area contributed by atoms with E-state index in [2.05, 4.69) is 25.3 Å². The second-order valence-electron chi connectivity index (χ2n) is 6.61. The fourth-order valence-corrected chi connectivity index (χ4v) is 3.21. The Morgan fingerprint density at radius 3 is 2.41 bits per heavy atom. The van der Waals surface area contributed by atoms with E-state index in [1.54, 1.807) is 18.6 Å². The summed E-state index contributed by atoms with van der Waals surface area (Å²) in [6, 6.07) is 19.5. The summed E-state index contributed by atoms with van der Waals surface area (Å²) in [7, 11) is 0. The van der Waals surface area contributed by atoms with Crippen molar-refractivity contribution in [3.8, 4) is 22.8 Å². The fourth-order valence-electron chi connectivity index (χ4n) is 3.21. The molecule has 0 aliphatic rings. The van der Waals surface area contributed by atoms with Crippen LogP contribution in [0.5, 0.6) is 0 Å². The molecule has 0 bridgehead atoms. The quantitative estimate of drug-likeness (QED) is 0.516. The van der Waals surface area contributed by atoms with Gasteiger partial charge in [0.25, 0.3) is 5.91 Å². The SMILES string of the molecule is CC[C@H](NC(=O)c1[nH]c(-c2ccccc2)nc1-c1cnccn1)c1ccccc1. The maximum absolute atomic E-state index is 13.2. The molecule has 2 aromatic carbocycles. The molecule has 0 fully saturated rings. The van der Waals surface area contributed by atoms with E-state index in [-0.39, 0.29) is 11.9 Å². The monoisotopic (exact) mass is 383 g/mol. The Kier molecular flexibility index (Phi) is 5.42. The van der Waals surface area contributed by atoms with Gasteiger partial charge in [-0.15, -0.1) is 0 Å². The Morgan fingerprint density at radius 1 is 1.03 bits per heavy atom. The number of nitrogens with one attached hydrogen (secondary N) is 2. The van der Waals surface area contributed by atoms with Crippen molar-refractivity contribution in [1.29, 1.82) is 0 Å². The van der Waals surface area contributed by atoms with Gasteiger partial charge in [-0.05, 0) is 12.0 Å². The first-order valence-electron chi connectivity index (χ1n) is 9.54. The molecule has 1 atom stereocenters. The van der Waals surface area contributed by atoms with E-state index in [1.807, 2.05) is 67.6 Å². The Labute approximate surface area is 169 Å². The number of hydrogen-bond donors (Lipinski definition) is 2. The number of carbonyl (C=O) groups is 1. The zero-order valence-electron chi connectivity index (χ0n) is 16.0.